The molecule has 0 spiro atoms. The number of nitrogens with zero attached hydrogens (tertiary/aromatic N) is 3. The van der Waals surface area contributed by atoms with Gasteiger partial charge in [-0.05, 0) is 50.1 Å². The van der Waals surface area contributed by atoms with Gasteiger partial charge in [-0.15, -0.1) is 0 Å². The maximum absolute atomic E-state index is 12.3. The van der Waals surface area contributed by atoms with E-state index in [4.69, 9.17) is 9.47 Å². The number of aromatic nitrogens is 3. The summed E-state index contributed by atoms with van der Waals surface area (Å²) in [6.07, 6.45) is 3.81. The molecule has 0 aliphatic rings. The lowest BCUT2D eigenvalue weighted by molar-refractivity contribution is -0.121. The van der Waals surface area contributed by atoms with Gasteiger partial charge in [0.05, 0.1) is 12.7 Å². The van der Waals surface area contributed by atoms with Crippen molar-refractivity contribution in [3.63, 3.8) is 0 Å². The third kappa shape index (κ3) is 6.03. The number of nitrogens with one attached hydrogen (secondary N) is 1. The van der Waals surface area contributed by atoms with Crippen LogP contribution in [0.15, 0.2) is 42.6 Å². The number of imidazole rings is 1. The predicted molar refractivity (Wildman–Crippen MR) is 116 cm³/mol. The molecule has 7 heteroatoms. The number of carbonyl (C=O) groups excluding carboxylic acids is 1. The summed E-state index contributed by atoms with van der Waals surface area (Å²) in [7, 11) is 1.68. The van der Waals surface area contributed by atoms with Crippen LogP contribution in [0.1, 0.15) is 38.1 Å². The van der Waals surface area contributed by atoms with E-state index in [0.717, 1.165) is 34.7 Å². The van der Waals surface area contributed by atoms with Crippen molar-refractivity contribution in [1.29, 1.82) is 0 Å². The van der Waals surface area contributed by atoms with Crippen LogP contribution in [0.3, 0.4) is 0 Å². The molecule has 0 aliphatic carbocycles. The number of carbonyl (C=O) groups is 1. The fraction of sp³-hybridized carbons (Fsp3) is 0.435. The first-order valence-corrected chi connectivity index (χ1v) is 10.4. The number of ether oxygens (including phenoxy) is 2. The van der Waals surface area contributed by atoms with Crippen LogP contribution in [0.5, 0.6) is 5.75 Å². The van der Waals surface area contributed by atoms with Gasteiger partial charge in [0.15, 0.2) is 5.65 Å². The van der Waals surface area contributed by atoms with Gasteiger partial charge in [0.2, 0.25) is 5.91 Å². The zero-order valence-corrected chi connectivity index (χ0v) is 17.9. The highest BCUT2D eigenvalue weighted by molar-refractivity contribution is 5.76. The fourth-order valence-corrected chi connectivity index (χ4v) is 3.27. The predicted octanol–water partition coefficient (Wildman–Crippen LogP) is 3.50. The van der Waals surface area contributed by atoms with Crippen molar-refractivity contribution in [2.24, 2.45) is 0 Å². The Bertz CT molecular complexity index is 951. The largest absolute Gasteiger partial charge is 0.491 e. The number of pyridine rings is 1. The molecule has 0 bridgehead atoms. The Balaban J connectivity index is 1.48. The van der Waals surface area contributed by atoms with Crippen molar-refractivity contribution in [3.8, 4) is 5.75 Å². The lowest BCUT2D eigenvalue weighted by atomic mass is 10.2. The summed E-state index contributed by atoms with van der Waals surface area (Å²) in [4.78, 5) is 21.4. The lowest BCUT2D eigenvalue weighted by Crippen LogP contribution is -2.22. The van der Waals surface area contributed by atoms with Gasteiger partial charge in [-0.2, -0.15) is 0 Å². The van der Waals surface area contributed by atoms with Crippen LogP contribution in [-0.2, 0) is 29.0 Å². The van der Waals surface area contributed by atoms with Crippen LogP contribution in [0, 0.1) is 0 Å². The molecule has 1 amide bonds. The Morgan fingerprint density at radius 3 is 2.73 bits per heavy atom. The van der Waals surface area contributed by atoms with Crippen molar-refractivity contribution in [3.05, 3.63) is 54.0 Å². The van der Waals surface area contributed by atoms with Crippen molar-refractivity contribution in [2.75, 3.05) is 13.7 Å². The molecular weight excluding hydrogens is 380 g/mol. The van der Waals surface area contributed by atoms with E-state index in [0.29, 0.717) is 32.5 Å². The summed E-state index contributed by atoms with van der Waals surface area (Å²) in [5.74, 6) is 1.82. The number of hydrogen-bond acceptors (Lipinski definition) is 5. The third-order valence-corrected chi connectivity index (χ3v) is 4.69. The molecule has 0 saturated carbocycles. The number of methoxy groups -OCH3 is 1. The molecule has 1 N–H and O–H groups in total. The molecule has 2 heterocycles. The van der Waals surface area contributed by atoms with Gasteiger partial charge >= 0.3 is 0 Å². The van der Waals surface area contributed by atoms with E-state index in [1.165, 1.54) is 0 Å². The van der Waals surface area contributed by atoms with Crippen molar-refractivity contribution in [1.82, 2.24) is 19.9 Å². The second kappa shape index (κ2) is 10.7. The zero-order valence-electron chi connectivity index (χ0n) is 17.9. The molecule has 0 atom stereocenters. The van der Waals surface area contributed by atoms with Gasteiger partial charge in [0, 0.05) is 39.2 Å². The third-order valence-electron chi connectivity index (χ3n) is 4.69. The summed E-state index contributed by atoms with van der Waals surface area (Å²) in [6.45, 7) is 5.80. The molecule has 1 aromatic carbocycles. The average Bonchev–Trinajstić information content (AvgIpc) is 3.08. The molecular formula is C23H30N4O3. The van der Waals surface area contributed by atoms with E-state index < -0.39 is 0 Å². The van der Waals surface area contributed by atoms with Gasteiger partial charge < -0.3 is 19.4 Å². The zero-order chi connectivity index (χ0) is 21.3. The second-order valence-electron chi connectivity index (χ2n) is 7.46. The second-order valence-corrected chi connectivity index (χ2v) is 7.46. The summed E-state index contributed by atoms with van der Waals surface area (Å²) in [5, 5.41) is 2.98. The Kier molecular flexibility index (Phi) is 7.79. The van der Waals surface area contributed by atoms with E-state index in [-0.39, 0.29) is 12.0 Å². The minimum atomic E-state index is 0.0372. The lowest BCUT2D eigenvalue weighted by Gasteiger charge is -2.10. The highest BCUT2D eigenvalue weighted by Crippen LogP contribution is 2.16. The van der Waals surface area contributed by atoms with E-state index in [9.17, 15) is 4.79 Å². The summed E-state index contributed by atoms with van der Waals surface area (Å²) in [6, 6.07) is 11.7. The number of amides is 1. The Morgan fingerprint density at radius 2 is 2.00 bits per heavy atom. The minimum absolute atomic E-state index is 0.0372. The number of benzene rings is 1. The number of hydrogen-bond donors (Lipinski definition) is 1. The minimum Gasteiger partial charge on any atom is -0.491 e. The molecule has 0 saturated heterocycles. The molecule has 160 valence electrons. The van der Waals surface area contributed by atoms with Crippen LogP contribution in [0.4, 0.5) is 0 Å². The maximum Gasteiger partial charge on any atom is 0.220 e. The fourth-order valence-electron chi connectivity index (χ4n) is 3.27. The normalized spacial score (nSPS) is 11.2. The molecule has 30 heavy (non-hydrogen) atoms. The SMILES string of the molecule is COCCn1c(CCCC(=O)NCc2ccc(OC(C)C)cc2)nc2cccnc21. The first-order chi connectivity index (χ1) is 14.6. The Hall–Kier alpha value is -2.93. The smallest absolute Gasteiger partial charge is 0.220 e. The van der Waals surface area contributed by atoms with Gasteiger partial charge in [-0.1, -0.05) is 12.1 Å². The van der Waals surface area contributed by atoms with Gasteiger partial charge in [-0.25, -0.2) is 9.97 Å². The number of fused-ring (bicyclic) bond motifs is 1. The summed E-state index contributed by atoms with van der Waals surface area (Å²) < 4.78 is 12.9. The van der Waals surface area contributed by atoms with Crippen LogP contribution < -0.4 is 10.1 Å². The average molecular weight is 411 g/mol. The van der Waals surface area contributed by atoms with Gasteiger partial charge in [-0.3, -0.25) is 4.79 Å². The van der Waals surface area contributed by atoms with E-state index in [1.54, 1.807) is 13.3 Å². The quantitative estimate of drug-likeness (QED) is 0.523. The summed E-state index contributed by atoms with van der Waals surface area (Å²) in [5.41, 5.74) is 2.78. The molecule has 0 aliphatic heterocycles. The highest BCUT2D eigenvalue weighted by atomic mass is 16.5. The van der Waals surface area contributed by atoms with E-state index >= 15 is 0 Å². The van der Waals surface area contributed by atoms with Gasteiger partial charge in [0.25, 0.3) is 0 Å². The highest BCUT2D eigenvalue weighted by Gasteiger charge is 2.12. The molecule has 3 aromatic rings. The monoisotopic (exact) mass is 410 g/mol. The molecule has 3 rings (SSSR count). The van der Waals surface area contributed by atoms with Crippen molar-refractivity contribution < 1.29 is 14.3 Å². The standard InChI is InChI=1S/C23H30N4O3/c1-17(2)30-19-11-9-18(10-12-19)16-25-22(28)8-4-7-21-26-20-6-5-13-24-23(20)27(21)14-15-29-3/h5-6,9-13,17H,4,7-8,14-16H2,1-3H3,(H,25,28). The molecule has 0 radical (unpaired) electrons. The van der Waals surface area contributed by atoms with Crippen LogP contribution in [-0.4, -0.2) is 40.3 Å². The summed E-state index contributed by atoms with van der Waals surface area (Å²) >= 11 is 0. The van der Waals surface area contributed by atoms with Crippen LogP contribution in [0.25, 0.3) is 11.2 Å². The van der Waals surface area contributed by atoms with E-state index in [2.05, 4.69) is 19.9 Å². The van der Waals surface area contributed by atoms with E-state index in [1.807, 2.05) is 50.2 Å². The van der Waals surface area contributed by atoms with Gasteiger partial charge in [0.1, 0.15) is 17.1 Å². The number of rotatable bonds is 11. The Labute approximate surface area is 177 Å². The molecule has 7 nitrogen and oxygen atoms in total. The number of aryl methyl sites for hydroxylation is 1. The van der Waals surface area contributed by atoms with Crippen molar-refractivity contribution in [2.45, 2.75) is 52.3 Å². The topological polar surface area (TPSA) is 78.3 Å². The molecule has 0 unspecified atom stereocenters. The van der Waals surface area contributed by atoms with Crippen LogP contribution in [0.2, 0.25) is 0 Å². The molecule has 0 fully saturated rings. The van der Waals surface area contributed by atoms with Crippen molar-refractivity contribution >= 4 is 17.1 Å². The molecule has 2 aromatic heterocycles. The maximum atomic E-state index is 12.3. The first kappa shape index (κ1) is 21.8. The first-order valence-electron chi connectivity index (χ1n) is 10.4. The van der Waals surface area contributed by atoms with Crippen LogP contribution >= 0.6 is 0 Å². The Morgan fingerprint density at radius 1 is 1.20 bits per heavy atom.